The quantitative estimate of drug-likeness (QED) is 0.518. The molecule has 3 nitrogen and oxygen atoms in total. The second-order valence-corrected chi connectivity index (χ2v) is 4.55. The molecule has 0 spiro atoms. The van der Waals surface area contributed by atoms with E-state index in [2.05, 4.69) is 70.0 Å². The number of benzene rings is 3. The second-order valence-electron chi connectivity index (χ2n) is 4.55. The zero-order valence-corrected chi connectivity index (χ0v) is 10.2. The smallest absolute Gasteiger partial charge is 0.114 e. The third-order valence-corrected chi connectivity index (χ3v) is 3.44. The normalized spacial score (nSPS) is 11.2. The maximum absolute atomic E-state index is 4.25. The maximum atomic E-state index is 4.25. The second kappa shape index (κ2) is 3.92. The fraction of sp³-hybridized carbons (Fsp3) is 0. The van der Waals surface area contributed by atoms with Gasteiger partial charge in [0.1, 0.15) is 5.69 Å². The Balaban J connectivity index is 2.27. The van der Waals surface area contributed by atoms with Gasteiger partial charge in [0.15, 0.2) is 0 Å². The molecule has 0 aliphatic heterocycles. The molecular formula is C16H11N3. The van der Waals surface area contributed by atoms with Crippen molar-refractivity contribution in [3.8, 4) is 11.3 Å². The standard InChI is InChI=1S/C16H11N3/c1-3-7-13-11(5-1)9-12-6-2-4-8-14(12)16(13)15-10-17-19-18-15/h1-10H,(H,17,18,19). The fourth-order valence-corrected chi connectivity index (χ4v) is 2.61. The van der Waals surface area contributed by atoms with Crippen LogP contribution in [0.3, 0.4) is 0 Å². The molecule has 3 aromatic carbocycles. The molecule has 0 atom stereocenters. The fourth-order valence-electron chi connectivity index (χ4n) is 2.61. The number of nitrogens with one attached hydrogen (secondary N) is 1. The Morgan fingerprint density at radius 1 is 0.789 bits per heavy atom. The molecule has 1 aromatic heterocycles. The largest absolute Gasteiger partial charge is 0.197 e. The van der Waals surface area contributed by atoms with E-state index in [1.807, 2.05) is 0 Å². The monoisotopic (exact) mass is 245 g/mol. The number of aromatic amines is 1. The van der Waals surface area contributed by atoms with Gasteiger partial charge in [-0.05, 0) is 27.6 Å². The highest BCUT2D eigenvalue weighted by Crippen LogP contribution is 2.34. The Labute approximate surface area is 109 Å². The van der Waals surface area contributed by atoms with E-state index in [-0.39, 0.29) is 0 Å². The van der Waals surface area contributed by atoms with Crippen molar-refractivity contribution < 1.29 is 0 Å². The number of hydrogen-bond donors (Lipinski definition) is 1. The highest BCUT2D eigenvalue weighted by molar-refractivity contribution is 6.11. The van der Waals surface area contributed by atoms with E-state index in [4.69, 9.17) is 0 Å². The Bertz CT molecular complexity index is 810. The summed E-state index contributed by atoms with van der Waals surface area (Å²) in [5.41, 5.74) is 2.02. The van der Waals surface area contributed by atoms with Crippen LogP contribution < -0.4 is 0 Å². The number of rotatable bonds is 1. The molecule has 0 saturated heterocycles. The lowest BCUT2D eigenvalue weighted by molar-refractivity contribution is 0.942. The number of aromatic nitrogens is 3. The summed E-state index contributed by atoms with van der Waals surface area (Å²) in [6.45, 7) is 0. The summed E-state index contributed by atoms with van der Waals surface area (Å²) in [4.78, 5) is 0. The van der Waals surface area contributed by atoms with Crippen molar-refractivity contribution in [1.29, 1.82) is 0 Å². The van der Waals surface area contributed by atoms with E-state index < -0.39 is 0 Å². The maximum Gasteiger partial charge on any atom is 0.114 e. The predicted molar refractivity (Wildman–Crippen MR) is 76.8 cm³/mol. The molecule has 0 aliphatic rings. The van der Waals surface area contributed by atoms with Gasteiger partial charge in [-0.25, -0.2) is 0 Å². The van der Waals surface area contributed by atoms with E-state index in [1.54, 1.807) is 6.20 Å². The van der Waals surface area contributed by atoms with Gasteiger partial charge in [0, 0.05) is 5.56 Å². The molecule has 4 aromatic rings. The van der Waals surface area contributed by atoms with Gasteiger partial charge in [-0.1, -0.05) is 48.5 Å². The molecule has 3 heteroatoms. The molecule has 4 rings (SSSR count). The van der Waals surface area contributed by atoms with Gasteiger partial charge >= 0.3 is 0 Å². The number of H-pyrrole nitrogens is 1. The summed E-state index contributed by atoms with van der Waals surface area (Å²) < 4.78 is 0. The van der Waals surface area contributed by atoms with Crippen LogP contribution in [-0.2, 0) is 0 Å². The lowest BCUT2D eigenvalue weighted by atomic mass is 9.95. The van der Waals surface area contributed by atoms with Gasteiger partial charge in [-0.3, -0.25) is 0 Å². The van der Waals surface area contributed by atoms with Gasteiger partial charge in [0.05, 0.1) is 6.20 Å². The first-order valence-electron chi connectivity index (χ1n) is 6.20. The molecule has 0 radical (unpaired) electrons. The molecule has 1 heterocycles. The Hall–Kier alpha value is -2.68. The van der Waals surface area contributed by atoms with Gasteiger partial charge in [-0.15, -0.1) is 0 Å². The van der Waals surface area contributed by atoms with Crippen LogP contribution in [0.15, 0.2) is 60.8 Å². The van der Waals surface area contributed by atoms with Crippen LogP contribution in [0.1, 0.15) is 0 Å². The number of hydrogen-bond acceptors (Lipinski definition) is 2. The summed E-state index contributed by atoms with van der Waals surface area (Å²) >= 11 is 0. The molecule has 1 N–H and O–H groups in total. The SMILES string of the molecule is c1ccc2c(-c3cn[nH]n3)c3ccccc3cc2c1. The highest BCUT2D eigenvalue weighted by Gasteiger charge is 2.11. The molecule has 0 bridgehead atoms. The van der Waals surface area contributed by atoms with Gasteiger partial charge in [0.2, 0.25) is 0 Å². The molecule has 0 saturated carbocycles. The minimum Gasteiger partial charge on any atom is -0.197 e. The Morgan fingerprint density at radius 3 is 2.00 bits per heavy atom. The molecule has 19 heavy (non-hydrogen) atoms. The summed E-state index contributed by atoms with van der Waals surface area (Å²) in [7, 11) is 0. The van der Waals surface area contributed by atoms with Gasteiger partial charge in [0.25, 0.3) is 0 Å². The van der Waals surface area contributed by atoms with Crippen LogP contribution in [0.4, 0.5) is 0 Å². The van der Waals surface area contributed by atoms with Crippen LogP contribution in [0.25, 0.3) is 32.8 Å². The first-order chi connectivity index (χ1) is 9.43. The van der Waals surface area contributed by atoms with Crippen molar-refractivity contribution in [3.63, 3.8) is 0 Å². The van der Waals surface area contributed by atoms with E-state index >= 15 is 0 Å². The van der Waals surface area contributed by atoms with Crippen molar-refractivity contribution >= 4 is 21.5 Å². The van der Waals surface area contributed by atoms with Crippen LogP contribution in [0.5, 0.6) is 0 Å². The Morgan fingerprint density at radius 2 is 1.42 bits per heavy atom. The molecule has 0 aliphatic carbocycles. The van der Waals surface area contributed by atoms with Gasteiger partial charge in [-0.2, -0.15) is 15.4 Å². The molecular weight excluding hydrogens is 234 g/mol. The minimum atomic E-state index is 0.882. The lowest BCUT2D eigenvalue weighted by Crippen LogP contribution is -1.85. The van der Waals surface area contributed by atoms with Crippen LogP contribution in [0, 0.1) is 0 Å². The van der Waals surface area contributed by atoms with E-state index in [1.165, 1.54) is 21.5 Å². The van der Waals surface area contributed by atoms with Crippen LogP contribution in [0.2, 0.25) is 0 Å². The van der Waals surface area contributed by atoms with Crippen LogP contribution >= 0.6 is 0 Å². The molecule has 0 amide bonds. The van der Waals surface area contributed by atoms with E-state index in [9.17, 15) is 0 Å². The molecule has 0 unspecified atom stereocenters. The van der Waals surface area contributed by atoms with Gasteiger partial charge < -0.3 is 0 Å². The zero-order valence-electron chi connectivity index (χ0n) is 10.2. The van der Waals surface area contributed by atoms with E-state index in [0.717, 1.165) is 11.3 Å². The van der Waals surface area contributed by atoms with Crippen LogP contribution in [-0.4, -0.2) is 15.4 Å². The third-order valence-electron chi connectivity index (χ3n) is 3.44. The highest BCUT2D eigenvalue weighted by atomic mass is 15.3. The minimum absolute atomic E-state index is 0.882. The van der Waals surface area contributed by atoms with Crippen molar-refractivity contribution in [2.45, 2.75) is 0 Å². The summed E-state index contributed by atoms with van der Waals surface area (Å²) in [5, 5.41) is 15.7. The topological polar surface area (TPSA) is 41.6 Å². The first kappa shape index (κ1) is 10.3. The van der Waals surface area contributed by atoms with Crippen molar-refractivity contribution in [2.75, 3.05) is 0 Å². The number of fused-ring (bicyclic) bond motifs is 2. The zero-order chi connectivity index (χ0) is 12.7. The van der Waals surface area contributed by atoms with Crippen molar-refractivity contribution in [1.82, 2.24) is 15.4 Å². The molecule has 0 fully saturated rings. The third kappa shape index (κ3) is 1.52. The Kier molecular flexibility index (Phi) is 2.12. The summed E-state index contributed by atoms with van der Waals surface area (Å²) in [5.74, 6) is 0. The van der Waals surface area contributed by atoms with Crippen molar-refractivity contribution in [3.05, 3.63) is 60.8 Å². The van der Waals surface area contributed by atoms with E-state index in [0.29, 0.717) is 0 Å². The first-order valence-corrected chi connectivity index (χ1v) is 6.20. The average molecular weight is 245 g/mol. The predicted octanol–water partition coefficient (Wildman–Crippen LogP) is 3.78. The summed E-state index contributed by atoms with van der Waals surface area (Å²) in [6.07, 6.45) is 1.77. The number of nitrogens with zero attached hydrogens (tertiary/aromatic N) is 2. The summed E-state index contributed by atoms with van der Waals surface area (Å²) in [6, 6.07) is 19.0. The molecule has 90 valence electrons. The van der Waals surface area contributed by atoms with Crippen molar-refractivity contribution in [2.24, 2.45) is 0 Å². The average Bonchev–Trinajstić information content (AvgIpc) is 2.98. The lowest BCUT2D eigenvalue weighted by Gasteiger charge is -2.09.